The van der Waals surface area contributed by atoms with Gasteiger partial charge in [0.15, 0.2) is 0 Å². The molecule has 0 heterocycles. The number of hydrogen-bond donors (Lipinski definition) is 2. The molecule has 0 atom stereocenters. The van der Waals surface area contributed by atoms with Gasteiger partial charge in [-0.25, -0.2) is 9.59 Å². The van der Waals surface area contributed by atoms with E-state index >= 15 is 0 Å². The van der Waals surface area contributed by atoms with Gasteiger partial charge in [-0.05, 0) is 18.6 Å². The Morgan fingerprint density at radius 3 is 2.07 bits per heavy atom. The van der Waals surface area contributed by atoms with Gasteiger partial charge in [-0.1, -0.05) is 12.1 Å². The molecule has 0 aliphatic carbocycles. The Kier molecular flexibility index (Phi) is 4.83. The third kappa shape index (κ3) is 2.57. The van der Waals surface area contributed by atoms with Gasteiger partial charge in [0.1, 0.15) is 0 Å². The van der Waals surface area contributed by atoms with Crippen LogP contribution in [0, 0.1) is 6.92 Å². The van der Waals surface area contributed by atoms with Crippen LogP contribution in [-0.2, 0) is 0 Å². The average molecular weight is 203 g/mol. The topological polar surface area (TPSA) is 74.6 Å². The van der Waals surface area contributed by atoms with Crippen LogP contribution in [0.1, 0.15) is 26.3 Å². The summed E-state index contributed by atoms with van der Waals surface area (Å²) in [4.78, 5) is 21.2. The Bertz CT molecular complexity index is 373. The van der Waals surface area contributed by atoms with E-state index < -0.39 is 11.9 Å². The quantitative estimate of drug-likeness (QED) is 0.691. The third-order valence-electron chi connectivity index (χ3n) is 1.60. The van der Waals surface area contributed by atoms with E-state index in [-0.39, 0.29) is 46.2 Å². The first kappa shape index (κ1) is 13.2. The van der Waals surface area contributed by atoms with Crippen molar-refractivity contribution in [3.63, 3.8) is 0 Å². The molecule has 0 amide bonds. The number of carboxylic acids is 2. The predicted molar refractivity (Wildman–Crippen MR) is 52.0 cm³/mol. The summed E-state index contributed by atoms with van der Waals surface area (Å²) in [6.45, 7) is 3.44. The maximum absolute atomic E-state index is 10.6. The van der Waals surface area contributed by atoms with E-state index in [1.54, 1.807) is 0 Å². The van der Waals surface area contributed by atoms with Crippen molar-refractivity contribution in [2.45, 2.75) is 0 Å². The number of benzene rings is 1. The van der Waals surface area contributed by atoms with E-state index in [0.717, 1.165) is 0 Å². The van der Waals surface area contributed by atoms with Gasteiger partial charge in [-0.15, -0.1) is 0 Å². The summed E-state index contributed by atoms with van der Waals surface area (Å²) in [5.74, 6) is -2.54. The molecule has 5 heteroatoms. The molecule has 0 aliphatic heterocycles. The van der Waals surface area contributed by atoms with Gasteiger partial charge in [0.25, 0.3) is 0 Å². The van der Waals surface area contributed by atoms with Crippen LogP contribution in [0.4, 0.5) is 0 Å². The first-order valence-electron chi connectivity index (χ1n) is 3.45. The molecule has 0 aliphatic rings. The molecule has 2 N–H and O–H groups in total. The summed E-state index contributed by atoms with van der Waals surface area (Å²) in [6.07, 6.45) is 0. The van der Waals surface area contributed by atoms with Gasteiger partial charge in [0.05, 0.1) is 11.1 Å². The van der Waals surface area contributed by atoms with Crippen molar-refractivity contribution in [1.82, 2.24) is 0 Å². The molecule has 0 fully saturated rings. The summed E-state index contributed by atoms with van der Waals surface area (Å²) in [6, 6.07) is 4.15. The summed E-state index contributed by atoms with van der Waals surface area (Å²) in [7, 11) is 0. The molecule has 0 unspecified atom stereocenters. The van der Waals surface area contributed by atoms with Crippen LogP contribution >= 0.6 is 0 Å². The number of rotatable bonds is 2. The van der Waals surface area contributed by atoms with Gasteiger partial charge in [-0.2, -0.15) is 0 Å². The fourth-order valence-electron chi connectivity index (χ4n) is 1.03. The molecular weight excluding hydrogens is 195 g/mol. The van der Waals surface area contributed by atoms with Crippen LogP contribution in [-0.4, -0.2) is 51.7 Å². The summed E-state index contributed by atoms with van der Waals surface area (Å²) in [5.41, 5.74) is -0.289. The van der Waals surface area contributed by atoms with Crippen LogP contribution < -0.4 is 0 Å². The molecule has 1 rings (SSSR count). The molecule has 0 aromatic heterocycles. The van der Waals surface area contributed by atoms with Crippen molar-refractivity contribution in [3.8, 4) is 0 Å². The fourth-order valence-corrected chi connectivity index (χ4v) is 1.03. The Morgan fingerprint density at radius 1 is 1.14 bits per heavy atom. The van der Waals surface area contributed by atoms with Crippen molar-refractivity contribution in [2.24, 2.45) is 0 Å². The van der Waals surface area contributed by atoms with Gasteiger partial charge in [0, 0.05) is 0 Å². The SMILES string of the molecule is [CH2]c1cccc(C(=O)O)c1C(=O)O.[NaH]. The molecular formula is C9H8NaO4. The number of aromatic carboxylic acids is 2. The zero-order valence-electron chi connectivity index (χ0n) is 6.65. The van der Waals surface area contributed by atoms with Crippen molar-refractivity contribution in [2.75, 3.05) is 0 Å². The van der Waals surface area contributed by atoms with E-state index in [2.05, 4.69) is 6.92 Å². The van der Waals surface area contributed by atoms with Crippen LogP contribution in [0.2, 0.25) is 0 Å². The molecule has 14 heavy (non-hydrogen) atoms. The fraction of sp³-hybridized carbons (Fsp3) is 0. The van der Waals surface area contributed by atoms with Crippen LogP contribution in [0.15, 0.2) is 18.2 Å². The Labute approximate surface area is 103 Å². The molecule has 1 aromatic rings. The van der Waals surface area contributed by atoms with Crippen LogP contribution in [0.5, 0.6) is 0 Å². The zero-order valence-corrected chi connectivity index (χ0v) is 6.65. The van der Waals surface area contributed by atoms with E-state index in [1.807, 2.05) is 0 Å². The van der Waals surface area contributed by atoms with E-state index in [0.29, 0.717) is 0 Å². The van der Waals surface area contributed by atoms with Crippen LogP contribution in [0.25, 0.3) is 0 Å². The number of carbonyl (C=O) groups is 2. The van der Waals surface area contributed by atoms with Crippen molar-refractivity contribution in [1.29, 1.82) is 0 Å². The van der Waals surface area contributed by atoms with Crippen molar-refractivity contribution in [3.05, 3.63) is 41.8 Å². The first-order chi connectivity index (χ1) is 6.04. The Balaban J connectivity index is 0.00000169. The zero-order chi connectivity index (χ0) is 10.0. The second kappa shape index (κ2) is 5.14. The first-order valence-corrected chi connectivity index (χ1v) is 3.45. The molecule has 0 saturated heterocycles. The number of hydrogen-bond acceptors (Lipinski definition) is 2. The monoisotopic (exact) mass is 203 g/mol. The summed E-state index contributed by atoms with van der Waals surface area (Å²) in [5, 5.41) is 17.3. The van der Waals surface area contributed by atoms with Gasteiger partial charge in [-0.3, -0.25) is 0 Å². The minimum atomic E-state index is -1.27. The Hall–Kier alpha value is -0.840. The third-order valence-corrected chi connectivity index (χ3v) is 1.60. The summed E-state index contributed by atoms with van der Waals surface area (Å²) < 4.78 is 0. The number of carboxylic acid groups (broad SMARTS) is 2. The maximum atomic E-state index is 10.6. The minimum absolute atomic E-state index is 0. The van der Waals surface area contributed by atoms with E-state index in [1.165, 1.54) is 18.2 Å². The van der Waals surface area contributed by atoms with Crippen molar-refractivity contribution >= 4 is 41.5 Å². The van der Waals surface area contributed by atoms with Gasteiger partial charge in [0.2, 0.25) is 0 Å². The summed E-state index contributed by atoms with van der Waals surface area (Å²) >= 11 is 0. The molecule has 1 aromatic carbocycles. The van der Waals surface area contributed by atoms with Crippen molar-refractivity contribution < 1.29 is 19.8 Å². The molecule has 0 saturated carbocycles. The second-order valence-corrected chi connectivity index (χ2v) is 2.45. The molecule has 1 radical (unpaired) electrons. The van der Waals surface area contributed by atoms with E-state index in [9.17, 15) is 9.59 Å². The molecule has 4 nitrogen and oxygen atoms in total. The van der Waals surface area contributed by atoms with Gasteiger partial charge < -0.3 is 10.2 Å². The molecule has 0 bridgehead atoms. The normalized spacial score (nSPS) is 8.93. The van der Waals surface area contributed by atoms with Gasteiger partial charge >= 0.3 is 41.5 Å². The predicted octanol–water partition coefficient (Wildman–Crippen LogP) is 0.617. The van der Waals surface area contributed by atoms with Crippen LogP contribution in [0.3, 0.4) is 0 Å². The average Bonchev–Trinajstić information content (AvgIpc) is 2.02. The molecule has 0 spiro atoms. The second-order valence-electron chi connectivity index (χ2n) is 2.45. The molecule has 69 valence electrons. The van der Waals surface area contributed by atoms with E-state index in [4.69, 9.17) is 10.2 Å². The standard InChI is InChI=1S/C9H7O4.Na.H/c1-5-3-2-4-6(8(10)11)7(5)9(12)13;;/h2-4H,1H2,(H,10,11)(H,12,13);;. The Morgan fingerprint density at radius 2 is 1.71 bits per heavy atom.